The van der Waals surface area contributed by atoms with Gasteiger partial charge in [-0.05, 0) is 24.5 Å². The minimum absolute atomic E-state index is 0.0435. The lowest BCUT2D eigenvalue weighted by Gasteiger charge is -2.11. The van der Waals surface area contributed by atoms with Gasteiger partial charge in [0.1, 0.15) is 0 Å². The van der Waals surface area contributed by atoms with Gasteiger partial charge in [-0.1, -0.05) is 37.6 Å². The zero-order chi connectivity index (χ0) is 12.3. The van der Waals surface area contributed by atoms with E-state index in [1.807, 2.05) is 13.1 Å². The van der Waals surface area contributed by atoms with Crippen LogP contribution in [0.25, 0.3) is 0 Å². The molecule has 0 saturated heterocycles. The van der Waals surface area contributed by atoms with Crippen LogP contribution in [0, 0.1) is 6.92 Å². The Kier molecular flexibility index (Phi) is 3.92. The first-order valence-electron chi connectivity index (χ1n) is 5.97. The third-order valence-electron chi connectivity index (χ3n) is 2.79. The van der Waals surface area contributed by atoms with E-state index in [0.29, 0.717) is 0 Å². The average molecular weight is 246 g/mol. The maximum Gasteiger partial charge on any atom is 0.0897 e. The Balaban J connectivity index is 2.24. The molecule has 2 N–H and O–H groups in total. The molecule has 0 radical (unpaired) electrons. The first-order chi connectivity index (χ1) is 8.20. The number of nitrogens with zero attached hydrogens (tertiary/aromatic N) is 1. The number of rotatable bonds is 4. The Morgan fingerprint density at radius 3 is 2.88 bits per heavy atom. The number of benzene rings is 1. The molecule has 3 heteroatoms. The largest absolute Gasteiger partial charge is 0.320 e. The number of hydrogen-bond donors (Lipinski definition) is 1. The summed E-state index contributed by atoms with van der Waals surface area (Å²) in [5, 5.41) is 1.07. The summed E-state index contributed by atoms with van der Waals surface area (Å²) in [6.07, 6.45) is 4.16. The Labute approximate surface area is 107 Å². The quantitative estimate of drug-likeness (QED) is 0.897. The van der Waals surface area contributed by atoms with Crippen molar-refractivity contribution in [3.8, 4) is 0 Å². The average Bonchev–Trinajstić information content (AvgIpc) is 2.76. The van der Waals surface area contributed by atoms with E-state index in [2.05, 4.69) is 36.2 Å². The standard InChI is InChI=1S/C14H18N2S/c1-3-5-11-6-4-7-12(8-11)14(15)13-9-16-10(2)17-13/h4,6-9,14H,3,5,15H2,1-2H3. The van der Waals surface area contributed by atoms with Crippen LogP contribution in [-0.2, 0) is 6.42 Å². The molecule has 90 valence electrons. The maximum absolute atomic E-state index is 6.27. The van der Waals surface area contributed by atoms with E-state index in [1.54, 1.807) is 11.3 Å². The van der Waals surface area contributed by atoms with E-state index in [4.69, 9.17) is 5.73 Å². The van der Waals surface area contributed by atoms with Gasteiger partial charge in [0.05, 0.1) is 11.0 Å². The highest BCUT2D eigenvalue weighted by atomic mass is 32.1. The van der Waals surface area contributed by atoms with Crippen LogP contribution < -0.4 is 5.73 Å². The predicted molar refractivity (Wildman–Crippen MR) is 73.3 cm³/mol. The molecule has 1 unspecified atom stereocenters. The Morgan fingerprint density at radius 2 is 2.24 bits per heavy atom. The molecule has 0 bridgehead atoms. The lowest BCUT2D eigenvalue weighted by molar-refractivity contribution is 0.872. The van der Waals surface area contributed by atoms with Gasteiger partial charge in [0.2, 0.25) is 0 Å². The van der Waals surface area contributed by atoms with Crippen LogP contribution in [0.1, 0.15) is 40.4 Å². The van der Waals surface area contributed by atoms with Gasteiger partial charge in [-0.25, -0.2) is 4.98 Å². The monoisotopic (exact) mass is 246 g/mol. The molecule has 0 amide bonds. The van der Waals surface area contributed by atoms with E-state index in [-0.39, 0.29) is 6.04 Å². The Morgan fingerprint density at radius 1 is 1.41 bits per heavy atom. The molecule has 0 aliphatic rings. The highest BCUT2D eigenvalue weighted by Crippen LogP contribution is 2.25. The lowest BCUT2D eigenvalue weighted by atomic mass is 10.0. The summed E-state index contributed by atoms with van der Waals surface area (Å²) < 4.78 is 0. The zero-order valence-corrected chi connectivity index (χ0v) is 11.1. The van der Waals surface area contributed by atoms with Crippen molar-refractivity contribution in [1.29, 1.82) is 0 Å². The minimum atomic E-state index is -0.0435. The number of nitrogens with two attached hydrogens (primary N) is 1. The smallest absolute Gasteiger partial charge is 0.0897 e. The molecule has 0 aliphatic carbocycles. The normalized spacial score (nSPS) is 12.6. The van der Waals surface area contributed by atoms with Crippen LogP contribution in [0.5, 0.6) is 0 Å². The van der Waals surface area contributed by atoms with Gasteiger partial charge in [-0.3, -0.25) is 0 Å². The topological polar surface area (TPSA) is 38.9 Å². The Bertz CT molecular complexity index is 490. The van der Waals surface area contributed by atoms with Crippen molar-refractivity contribution < 1.29 is 0 Å². The highest BCUT2D eigenvalue weighted by molar-refractivity contribution is 7.11. The van der Waals surface area contributed by atoms with Gasteiger partial charge in [0, 0.05) is 11.1 Å². The molecule has 2 aromatic rings. The molecule has 0 saturated carbocycles. The van der Waals surface area contributed by atoms with Gasteiger partial charge in [0.25, 0.3) is 0 Å². The summed E-state index contributed by atoms with van der Waals surface area (Å²) in [6, 6.07) is 8.52. The van der Waals surface area contributed by atoms with Crippen LogP contribution >= 0.6 is 11.3 Å². The molecule has 2 nitrogen and oxygen atoms in total. The second-order valence-electron chi connectivity index (χ2n) is 4.25. The van der Waals surface area contributed by atoms with E-state index >= 15 is 0 Å². The molecule has 0 spiro atoms. The van der Waals surface area contributed by atoms with Crippen LogP contribution in [0.3, 0.4) is 0 Å². The van der Waals surface area contributed by atoms with Gasteiger partial charge >= 0.3 is 0 Å². The van der Waals surface area contributed by atoms with Crippen LogP contribution in [0.15, 0.2) is 30.5 Å². The Hall–Kier alpha value is -1.19. The summed E-state index contributed by atoms with van der Waals surface area (Å²) in [6.45, 7) is 4.20. The first kappa shape index (κ1) is 12.3. The molecule has 1 heterocycles. The van der Waals surface area contributed by atoms with Crippen LogP contribution in [0.2, 0.25) is 0 Å². The second kappa shape index (κ2) is 5.43. The predicted octanol–water partition coefficient (Wildman–Crippen LogP) is 3.45. The van der Waals surface area contributed by atoms with Gasteiger partial charge in [-0.2, -0.15) is 0 Å². The van der Waals surface area contributed by atoms with Crippen molar-refractivity contribution in [3.05, 3.63) is 51.5 Å². The molecule has 0 aliphatic heterocycles. The summed E-state index contributed by atoms with van der Waals surface area (Å²) in [4.78, 5) is 5.40. The zero-order valence-electron chi connectivity index (χ0n) is 10.3. The van der Waals surface area contributed by atoms with Crippen molar-refractivity contribution in [3.63, 3.8) is 0 Å². The fraction of sp³-hybridized carbons (Fsp3) is 0.357. The first-order valence-corrected chi connectivity index (χ1v) is 6.79. The van der Waals surface area contributed by atoms with E-state index in [0.717, 1.165) is 16.3 Å². The van der Waals surface area contributed by atoms with E-state index < -0.39 is 0 Å². The molecule has 0 fully saturated rings. The summed E-state index contributed by atoms with van der Waals surface area (Å²) in [7, 11) is 0. The lowest BCUT2D eigenvalue weighted by Crippen LogP contribution is -2.10. The summed E-state index contributed by atoms with van der Waals surface area (Å²) in [5.74, 6) is 0. The van der Waals surface area contributed by atoms with E-state index in [9.17, 15) is 0 Å². The number of hydrogen-bond acceptors (Lipinski definition) is 3. The molecule has 1 aromatic heterocycles. The van der Waals surface area contributed by atoms with Crippen molar-refractivity contribution >= 4 is 11.3 Å². The third kappa shape index (κ3) is 2.93. The molecular weight excluding hydrogens is 228 g/mol. The summed E-state index contributed by atoms with van der Waals surface area (Å²) in [5.41, 5.74) is 8.81. The van der Waals surface area contributed by atoms with Crippen molar-refractivity contribution in [1.82, 2.24) is 4.98 Å². The van der Waals surface area contributed by atoms with Crippen molar-refractivity contribution in [2.24, 2.45) is 5.73 Å². The fourth-order valence-electron chi connectivity index (χ4n) is 1.92. The number of aryl methyl sites for hydroxylation is 2. The van der Waals surface area contributed by atoms with Gasteiger partial charge in [0.15, 0.2) is 0 Å². The van der Waals surface area contributed by atoms with Gasteiger partial charge in [-0.15, -0.1) is 11.3 Å². The summed E-state index contributed by atoms with van der Waals surface area (Å²) >= 11 is 1.67. The van der Waals surface area contributed by atoms with Gasteiger partial charge < -0.3 is 5.73 Å². The van der Waals surface area contributed by atoms with Crippen LogP contribution in [-0.4, -0.2) is 4.98 Å². The minimum Gasteiger partial charge on any atom is -0.320 e. The SMILES string of the molecule is CCCc1cccc(C(N)c2cnc(C)s2)c1. The van der Waals surface area contributed by atoms with Crippen molar-refractivity contribution in [2.75, 3.05) is 0 Å². The molecule has 17 heavy (non-hydrogen) atoms. The molecule has 1 aromatic carbocycles. The van der Waals surface area contributed by atoms with Crippen molar-refractivity contribution in [2.45, 2.75) is 32.7 Å². The molecule has 1 atom stereocenters. The highest BCUT2D eigenvalue weighted by Gasteiger charge is 2.11. The maximum atomic E-state index is 6.27. The second-order valence-corrected chi connectivity index (χ2v) is 5.52. The number of aromatic nitrogens is 1. The molecule has 2 rings (SSSR count). The van der Waals surface area contributed by atoms with E-state index in [1.165, 1.54) is 17.5 Å². The fourth-order valence-corrected chi connectivity index (χ4v) is 2.73. The third-order valence-corrected chi connectivity index (χ3v) is 3.79. The number of thiazole rings is 1. The van der Waals surface area contributed by atoms with Crippen LogP contribution in [0.4, 0.5) is 0 Å². The molecular formula is C14H18N2S.